The lowest BCUT2D eigenvalue weighted by molar-refractivity contribution is -0.123. The van der Waals surface area contributed by atoms with Gasteiger partial charge in [0.25, 0.3) is 0 Å². The van der Waals surface area contributed by atoms with Crippen LogP contribution < -0.4 is 5.32 Å². The van der Waals surface area contributed by atoms with E-state index in [1.807, 2.05) is 11.8 Å². The predicted octanol–water partition coefficient (Wildman–Crippen LogP) is 1.03. The molecule has 1 heterocycles. The number of hydrogen-bond acceptors (Lipinski definition) is 3. The van der Waals surface area contributed by atoms with E-state index < -0.39 is 0 Å². The van der Waals surface area contributed by atoms with Crippen LogP contribution in [0.25, 0.3) is 0 Å². The molecule has 2 fully saturated rings. The lowest BCUT2D eigenvalue weighted by Gasteiger charge is -2.26. The maximum Gasteiger partial charge on any atom is 0.223 e. The quantitative estimate of drug-likeness (QED) is 0.761. The Labute approximate surface area is 89.0 Å². The molecule has 0 aromatic rings. The second-order valence-corrected chi connectivity index (χ2v) is 5.29. The molecule has 0 bridgehead atoms. The van der Waals surface area contributed by atoms with Crippen LogP contribution in [0.4, 0.5) is 0 Å². The van der Waals surface area contributed by atoms with Crippen LogP contribution in [0.2, 0.25) is 0 Å². The van der Waals surface area contributed by atoms with Crippen molar-refractivity contribution in [2.24, 2.45) is 5.92 Å². The van der Waals surface area contributed by atoms with Crippen LogP contribution in [0, 0.1) is 5.92 Å². The highest BCUT2D eigenvalue weighted by atomic mass is 32.2. The first-order chi connectivity index (χ1) is 6.76. The van der Waals surface area contributed by atoms with E-state index in [1.54, 1.807) is 7.11 Å². The van der Waals surface area contributed by atoms with E-state index in [4.69, 9.17) is 4.74 Å². The summed E-state index contributed by atoms with van der Waals surface area (Å²) in [6.07, 6.45) is 3.19. The summed E-state index contributed by atoms with van der Waals surface area (Å²) < 4.78 is 5.51. The molecule has 1 aliphatic carbocycles. The van der Waals surface area contributed by atoms with Crippen LogP contribution in [-0.2, 0) is 9.53 Å². The minimum Gasteiger partial charge on any atom is -0.376 e. The molecule has 3 nitrogen and oxygen atoms in total. The molecule has 1 N–H and O–H groups in total. The highest BCUT2D eigenvalue weighted by Crippen LogP contribution is 2.32. The van der Waals surface area contributed by atoms with Crippen molar-refractivity contribution in [1.29, 1.82) is 0 Å². The van der Waals surface area contributed by atoms with E-state index in [-0.39, 0.29) is 11.5 Å². The maximum absolute atomic E-state index is 11.4. The van der Waals surface area contributed by atoms with Crippen LogP contribution in [-0.4, -0.2) is 36.7 Å². The Morgan fingerprint density at radius 3 is 2.93 bits per heavy atom. The van der Waals surface area contributed by atoms with E-state index in [1.165, 1.54) is 0 Å². The van der Waals surface area contributed by atoms with Gasteiger partial charge >= 0.3 is 0 Å². The van der Waals surface area contributed by atoms with Gasteiger partial charge < -0.3 is 10.1 Å². The van der Waals surface area contributed by atoms with Gasteiger partial charge in [-0.15, -0.1) is 0 Å². The van der Waals surface area contributed by atoms with Gasteiger partial charge in [0, 0.05) is 25.3 Å². The van der Waals surface area contributed by atoms with Gasteiger partial charge in [0.1, 0.15) is 0 Å². The zero-order valence-electron chi connectivity index (χ0n) is 8.54. The molecule has 0 spiro atoms. The van der Waals surface area contributed by atoms with Crippen molar-refractivity contribution in [3.63, 3.8) is 0 Å². The molecule has 1 saturated carbocycles. The molecule has 1 atom stereocenters. The molecule has 1 amide bonds. The SMILES string of the molecule is CO[C@@]1(CNC(=O)C2CC2)CCSC1. The van der Waals surface area contributed by atoms with Gasteiger partial charge in [-0.1, -0.05) is 0 Å². The number of carbonyl (C=O) groups is 1. The van der Waals surface area contributed by atoms with Gasteiger partial charge in [-0.2, -0.15) is 11.8 Å². The summed E-state index contributed by atoms with van der Waals surface area (Å²) in [5.74, 6) is 2.68. The normalized spacial score (nSPS) is 31.8. The van der Waals surface area contributed by atoms with Crippen LogP contribution >= 0.6 is 11.8 Å². The average Bonchev–Trinajstić information content (AvgIpc) is 2.95. The summed E-state index contributed by atoms with van der Waals surface area (Å²) in [6, 6.07) is 0. The first kappa shape index (κ1) is 10.3. The molecule has 14 heavy (non-hydrogen) atoms. The molecule has 0 unspecified atom stereocenters. The number of amides is 1. The summed E-state index contributed by atoms with van der Waals surface area (Å²) >= 11 is 1.90. The molecule has 4 heteroatoms. The van der Waals surface area contributed by atoms with Crippen LogP contribution in [0.5, 0.6) is 0 Å². The van der Waals surface area contributed by atoms with Crippen molar-refractivity contribution in [2.75, 3.05) is 25.2 Å². The van der Waals surface area contributed by atoms with E-state index in [0.29, 0.717) is 12.5 Å². The van der Waals surface area contributed by atoms with Crippen molar-refractivity contribution in [3.05, 3.63) is 0 Å². The van der Waals surface area contributed by atoms with Crippen LogP contribution in [0.3, 0.4) is 0 Å². The summed E-state index contributed by atoms with van der Waals surface area (Å²) in [7, 11) is 1.75. The molecular weight excluding hydrogens is 198 g/mol. The molecule has 1 saturated heterocycles. The van der Waals surface area contributed by atoms with Crippen molar-refractivity contribution < 1.29 is 9.53 Å². The molecule has 80 valence electrons. The van der Waals surface area contributed by atoms with Gasteiger partial charge in [-0.3, -0.25) is 4.79 Å². The zero-order chi connectivity index (χ0) is 10.0. The van der Waals surface area contributed by atoms with E-state index >= 15 is 0 Å². The summed E-state index contributed by atoms with van der Waals surface area (Å²) in [5.41, 5.74) is -0.0881. The number of nitrogens with one attached hydrogen (secondary N) is 1. The Bertz CT molecular complexity index is 222. The number of rotatable bonds is 4. The third-order valence-corrected chi connectivity index (χ3v) is 4.26. The van der Waals surface area contributed by atoms with Gasteiger partial charge in [-0.05, 0) is 25.0 Å². The third-order valence-electron chi connectivity index (χ3n) is 3.03. The van der Waals surface area contributed by atoms with Gasteiger partial charge in [0.05, 0.1) is 5.60 Å². The second kappa shape index (κ2) is 4.11. The number of hydrogen-bond donors (Lipinski definition) is 1. The van der Waals surface area contributed by atoms with Gasteiger partial charge in [0.15, 0.2) is 0 Å². The van der Waals surface area contributed by atoms with Crippen LogP contribution in [0.1, 0.15) is 19.3 Å². The number of methoxy groups -OCH3 is 1. The standard InChI is InChI=1S/C10H17NO2S/c1-13-10(4-5-14-7-10)6-11-9(12)8-2-3-8/h8H,2-7H2,1H3,(H,11,12)/t10-/m1/s1. The number of thioether (sulfide) groups is 1. The van der Waals surface area contributed by atoms with Crippen molar-refractivity contribution in [1.82, 2.24) is 5.32 Å². The van der Waals surface area contributed by atoms with E-state index in [2.05, 4.69) is 5.32 Å². The minimum absolute atomic E-state index is 0.0881. The molecule has 0 radical (unpaired) electrons. The molecule has 2 aliphatic rings. The van der Waals surface area contributed by atoms with Gasteiger partial charge in [-0.25, -0.2) is 0 Å². The number of carbonyl (C=O) groups excluding carboxylic acids is 1. The molecular formula is C10H17NO2S. The monoisotopic (exact) mass is 215 g/mol. The molecule has 1 aliphatic heterocycles. The Kier molecular flexibility index (Phi) is 3.02. The van der Waals surface area contributed by atoms with Crippen molar-refractivity contribution >= 4 is 17.7 Å². The van der Waals surface area contributed by atoms with E-state index in [9.17, 15) is 4.79 Å². The van der Waals surface area contributed by atoms with E-state index in [0.717, 1.165) is 30.8 Å². The largest absolute Gasteiger partial charge is 0.376 e. The Balaban J connectivity index is 1.79. The highest BCUT2D eigenvalue weighted by molar-refractivity contribution is 7.99. The Morgan fingerprint density at radius 1 is 1.64 bits per heavy atom. The lowest BCUT2D eigenvalue weighted by atomic mass is 10.0. The average molecular weight is 215 g/mol. The lowest BCUT2D eigenvalue weighted by Crippen LogP contribution is -2.45. The fraction of sp³-hybridized carbons (Fsp3) is 0.900. The molecule has 2 rings (SSSR count). The van der Waals surface area contributed by atoms with Crippen LogP contribution in [0.15, 0.2) is 0 Å². The predicted molar refractivity (Wildman–Crippen MR) is 57.4 cm³/mol. The first-order valence-electron chi connectivity index (χ1n) is 5.16. The summed E-state index contributed by atoms with van der Waals surface area (Å²) in [6.45, 7) is 0.686. The first-order valence-corrected chi connectivity index (χ1v) is 6.32. The molecule has 0 aromatic carbocycles. The second-order valence-electron chi connectivity index (χ2n) is 4.18. The summed E-state index contributed by atoms with van der Waals surface area (Å²) in [5, 5.41) is 3.00. The maximum atomic E-state index is 11.4. The van der Waals surface area contributed by atoms with Crippen molar-refractivity contribution in [3.8, 4) is 0 Å². The third kappa shape index (κ3) is 2.23. The van der Waals surface area contributed by atoms with Gasteiger partial charge in [0.2, 0.25) is 5.91 Å². The fourth-order valence-electron chi connectivity index (χ4n) is 1.70. The number of ether oxygens (including phenoxy) is 1. The topological polar surface area (TPSA) is 38.3 Å². The fourth-order valence-corrected chi connectivity index (χ4v) is 3.10. The molecule has 0 aromatic heterocycles. The zero-order valence-corrected chi connectivity index (χ0v) is 9.36. The smallest absolute Gasteiger partial charge is 0.223 e. The summed E-state index contributed by atoms with van der Waals surface area (Å²) in [4.78, 5) is 11.4. The Morgan fingerprint density at radius 2 is 2.43 bits per heavy atom. The van der Waals surface area contributed by atoms with Crippen molar-refractivity contribution in [2.45, 2.75) is 24.9 Å². The Hall–Kier alpha value is -0.220. The minimum atomic E-state index is -0.0881. The highest BCUT2D eigenvalue weighted by Gasteiger charge is 2.36.